The average molecular weight is 574 g/mol. The van der Waals surface area contributed by atoms with Crippen molar-refractivity contribution in [3.8, 4) is 0 Å². The summed E-state index contributed by atoms with van der Waals surface area (Å²) < 4.78 is 27.5. The lowest BCUT2D eigenvalue weighted by Crippen LogP contribution is -2.53. The minimum Gasteiger partial charge on any atom is -0.480 e. The molecule has 0 radical (unpaired) electrons. The summed E-state index contributed by atoms with van der Waals surface area (Å²) in [6.45, 7) is 2.55. The number of aryl methyl sites for hydroxylation is 1. The quantitative estimate of drug-likeness (QED) is 0.423. The normalized spacial score (nSPS) is 16.0. The number of aliphatic carboxylic acids is 1. The Kier molecular flexibility index (Phi) is 9.00. The molecule has 1 saturated heterocycles. The van der Waals surface area contributed by atoms with Gasteiger partial charge in [-0.05, 0) is 66.3 Å². The van der Waals surface area contributed by atoms with Gasteiger partial charge in [0.25, 0.3) is 0 Å². The summed E-state index contributed by atoms with van der Waals surface area (Å²) in [5.74, 6) is -1.59. The van der Waals surface area contributed by atoms with E-state index in [1.807, 2.05) is 6.92 Å². The number of quaternary nitrogens is 1. The van der Waals surface area contributed by atoms with Gasteiger partial charge in [-0.2, -0.15) is 0 Å². The summed E-state index contributed by atoms with van der Waals surface area (Å²) >= 11 is 7.34. The molecule has 2 aromatic carbocycles. The van der Waals surface area contributed by atoms with Gasteiger partial charge >= 0.3 is 11.9 Å². The van der Waals surface area contributed by atoms with E-state index in [4.69, 9.17) is 16.7 Å². The molecule has 1 fully saturated rings. The lowest BCUT2D eigenvalue weighted by Gasteiger charge is -2.32. The number of sulfone groups is 1. The molecule has 8 nitrogen and oxygen atoms in total. The second-order valence-electron chi connectivity index (χ2n) is 8.79. The summed E-state index contributed by atoms with van der Waals surface area (Å²) in [5.41, 5.74) is 0. The molecule has 0 atom stereocenters. The van der Waals surface area contributed by atoms with E-state index in [1.165, 1.54) is 22.0 Å². The number of rotatable bonds is 7. The van der Waals surface area contributed by atoms with E-state index in [-0.39, 0.29) is 46.5 Å². The molecule has 1 amide bonds. The van der Waals surface area contributed by atoms with E-state index >= 15 is 0 Å². The molecule has 0 unspecified atom stereocenters. The molecule has 12 heteroatoms. The van der Waals surface area contributed by atoms with Crippen molar-refractivity contribution in [2.75, 3.05) is 18.8 Å². The maximum atomic E-state index is 13.5. The zero-order valence-corrected chi connectivity index (χ0v) is 22.9. The van der Waals surface area contributed by atoms with E-state index in [1.54, 1.807) is 36.5 Å². The Balaban J connectivity index is 0.00000361. The predicted octanol–water partition coefficient (Wildman–Crippen LogP) is 4.38. The molecule has 0 aliphatic carbocycles. The summed E-state index contributed by atoms with van der Waals surface area (Å²) in [6.07, 6.45) is 4.09. The van der Waals surface area contributed by atoms with E-state index in [9.17, 15) is 23.1 Å². The Bertz CT molecular complexity index is 1460. The number of thiazole rings is 1. The standard InChI is InChI=1S/C24H26ClN3O5S2.ClH/c1-17-15-27(16-23(30)31)24(34-17)26-28(10-3-2-4-11-28)22(29)9-12-35(32,33)21-8-6-18-13-20(25)7-5-19(18)14-21;/h5-8,13-15H,2-4,9-12,16H2,1H3;1H/p+1/b26-24-;. The number of nitrogens with zero attached hydrogens (tertiary/aromatic N) is 3. The number of carbonyl (C=O) groups is 2. The lowest BCUT2D eigenvalue weighted by molar-refractivity contribution is -0.869. The Morgan fingerprint density at radius 1 is 1.11 bits per heavy atom. The fraction of sp³-hybridized carbons (Fsp3) is 0.375. The van der Waals surface area contributed by atoms with Crippen LogP contribution < -0.4 is 4.80 Å². The molecule has 0 bridgehead atoms. The third kappa shape index (κ3) is 6.36. The number of halogens is 2. The second kappa shape index (κ2) is 11.4. The van der Waals surface area contributed by atoms with Gasteiger partial charge in [-0.15, -0.1) is 17.0 Å². The molecular weight excluding hydrogens is 545 g/mol. The van der Waals surface area contributed by atoms with Crippen LogP contribution in [-0.4, -0.2) is 53.4 Å². The number of hydrogen-bond donors (Lipinski definition) is 1. The van der Waals surface area contributed by atoms with Gasteiger partial charge in [-0.3, -0.25) is 4.79 Å². The Hall–Kier alpha value is -2.24. The molecule has 3 aromatic rings. The number of benzene rings is 2. The minimum absolute atomic E-state index is 0. The van der Waals surface area contributed by atoms with Gasteiger partial charge < -0.3 is 9.67 Å². The van der Waals surface area contributed by atoms with Crippen molar-refractivity contribution in [1.82, 2.24) is 4.57 Å². The van der Waals surface area contributed by atoms with Crippen LogP contribution in [0.2, 0.25) is 5.02 Å². The van der Waals surface area contributed by atoms with Crippen molar-refractivity contribution in [3.63, 3.8) is 0 Å². The number of amides is 1. The van der Waals surface area contributed by atoms with Gasteiger partial charge in [0.05, 0.1) is 17.1 Å². The van der Waals surface area contributed by atoms with Crippen molar-refractivity contribution in [2.24, 2.45) is 5.10 Å². The van der Waals surface area contributed by atoms with Crippen LogP contribution in [-0.2, 0) is 26.0 Å². The monoisotopic (exact) mass is 572 g/mol. The molecule has 0 saturated carbocycles. The van der Waals surface area contributed by atoms with E-state index in [0.717, 1.165) is 34.9 Å². The average Bonchev–Trinajstić information content (AvgIpc) is 3.15. The van der Waals surface area contributed by atoms with E-state index < -0.39 is 15.8 Å². The number of piperidine rings is 1. The van der Waals surface area contributed by atoms with Crippen LogP contribution in [0, 0.1) is 6.92 Å². The molecule has 1 N–H and O–H groups in total. The molecule has 194 valence electrons. The first kappa shape index (κ1) is 28.3. The van der Waals surface area contributed by atoms with Gasteiger partial charge in [0, 0.05) is 16.1 Å². The van der Waals surface area contributed by atoms with E-state index in [2.05, 4.69) is 0 Å². The van der Waals surface area contributed by atoms with Gasteiger partial charge in [-0.25, -0.2) is 13.2 Å². The van der Waals surface area contributed by atoms with Gasteiger partial charge in [0.1, 0.15) is 19.6 Å². The predicted molar refractivity (Wildman–Crippen MR) is 142 cm³/mol. The van der Waals surface area contributed by atoms with Crippen molar-refractivity contribution >= 4 is 67.8 Å². The summed E-state index contributed by atoms with van der Waals surface area (Å²) in [5, 5.41) is 16.2. The summed E-state index contributed by atoms with van der Waals surface area (Å²) in [7, 11) is -3.70. The SMILES string of the molecule is Cc1cn(CC(=O)O)/c(=N/[N+]2(C(=O)CCS(=O)(=O)c3ccc4cc(Cl)ccc4c3)CCCCC2)s1.Cl. The zero-order valence-electron chi connectivity index (χ0n) is 19.7. The first-order chi connectivity index (χ1) is 16.6. The molecule has 1 aromatic heterocycles. The van der Waals surface area contributed by atoms with Crippen LogP contribution in [0.25, 0.3) is 10.8 Å². The van der Waals surface area contributed by atoms with Gasteiger partial charge in [-0.1, -0.05) is 35.1 Å². The summed E-state index contributed by atoms with van der Waals surface area (Å²) in [6, 6.07) is 10.1. The van der Waals surface area contributed by atoms with Crippen molar-refractivity contribution in [2.45, 2.75) is 44.0 Å². The first-order valence-electron chi connectivity index (χ1n) is 11.4. The Morgan fingerprint density at radius 3 is 2.47 bits per heavy atom. The number of fused-ring (bicyclic) bond motifs is 1. The van der Waals surface area contributed by atoms with Crippen LogP contribution in [0.4, 0.5) is 0 Å². The smallest absolute Gasteiger partial charge is 0.340 e. The highest BCUT2D eigenvalue weighted by molar-refractivity contribution is 7.91. The molecule has 1 aliphatic heterocycles. The number of carboxylic acids is 1. The fourth-order valence-electron chi connectivity index (χ4n) is 4.38. The number of carboxylic acid groups (broad SMARTS) is 1. The van der Waals surface area contributed by atoms with Crippen molar-refractivity contribution < 1.29 is 27.7 Å². The lowest BCUT2D eigenvalue weighted by atomic mass is 10.1. The fourth-order valence-corrected chi connectivity index (χ4v) is 6.72. The van der Waals surface area contributed by atoms with Crippen molar-refractivity contribution in [3.05, 3.63) is 57.3 Å². The highest BCUT2D eigenvalue weighted by atomic mass is 35.5. The van der Waals surface area contributed by atoms with Crippen LogP contribution in [0.1, 0.15) is 30.6 Å². The number of likely N-dealkylation sites (tertiary alicyclic amines) is 1. The minimum atomic E-state index is -3.70. The van der Waals surface area contributed by atoms with Crippen molar-refractivity contribution in [1.29, 1.82) is 0 Å². The number of hydrogen-bond acceptors (Lipinski definition) is 6. The zero-order chi connectivity index (χ0) is 25.2. The largest absolute Gasteiger partial charge is 0.480 e. The molecular formula is C24H28Cl2N3O5S2+. The van der Waals surface area contributed by atoms with Crippen LogP contribution in [0.5, 0.6) is 0 Å². The highest BCUT2D eigenvalue weighted by Crippen LogP contribution is 2.25. The second-order valence-corrected chi connectivity index (χ2v) is 12.6. The summed E-state index contributed by atoms with van der Waals surface area (Å²) in [4.78, 5) is 26.2. The van der Waals surface area contributed by atoms with Crippen LogP contribution in [0.15, 0.2) is 52.6 Å². The van der Waals surface area contributed by atoms with Gasteiger partial charge in [0.15, 0.2) is 9.84 Å². The topological polar surface area (TPSA) is 106 Å². The molecule has 1 aliphatic rings. The third-order valence-electron chi connectivity index (χ3n) is 6.16. The highest BCUT2D eigenvalue weighted by Gasteiger charge is 2.40. The third-order valence-corrected chi connectivity index (χ3v) is 9.03. The molecule has 2 heterocycles. The number of aromatic nitrogens is 1. The first-order valence-corrected chi connectivity index (χ1v) is 14.2. The number of carbonyl (C=O) groups excluding carboxylic acids is 1. The molecule has 36 heavy (non-hydrogen) atoms. The van der Waals surface area contributed by atoms with E-state index in [0.29, 0.717) is 22.9 Å². The Morgan fingerprint density at radius 2 is 1.78 bits per heavy atom. The van der Waals surface area contributed by atoms with Gasteiger partial charge in [0.2, 0.25) is 4.80 Å². The molecule has 0 spiro atoms. The van der Waals surface area contributed by atoms with Crippen LogP contribution >= 0.6 is 35.3 Å². The van der Waals surface area contributed by atoms with Crippen LogP contribution in [0.3, 0.4) is 0 Å². The Labute approximate surface area is 224 Å². The maximum Gasteiger partial charge on any atom is 0.340 e. The maximum absolute atomic E-state index is 13.5. The molecule has 4 rings (SSSR count).